The number of rotatable bonds is 13. The molecule has 1 aliphatic heterocycles. The van der Waals surface area contributed by atoms with E-state index < -0.39 is 30.9 Å². The number of aromatic nitrogens is 4. The van der Waals surface area contributed by atoms with Crippen LogP contribution in [0, 0.1) is 0 Å². The van der Waals surface area contributed by atoms with Crippen molar-refractivity contribution in [3.63, 3.8) is 0 Å². The highest BCUT2D eigenvalue weighted by molar-refractivity contribution is 7.93. The summed E-state index contributed by atoms with van der Waals surface area (Å²) in [6.07, 6.45) is 2.02. The third kappa shape index (κ3) is 7.22. The molecule has 2 aromatic heterocycles. The molecule has 0 aliphatic carbocycles. The van der Waals surface area contributed by atoms with Crippen molar-refractivity contribution in [2.45, 2.75) is 64.0 Å². The largest absolute Gasteiger partial charge is 0.493 e. The second kappa shape index (κ2) is 14.1. The lowest BCUT2D eigenvalue weighted by molar-refractivity contribution is 0.196. The first kappa shape index (κ1) is 34.5. The third-order valence-corrected chi connectivity index (χ3v) is 11.8. The molecule has 47 heavy (non-hydrogen) atoms. The van der Waals surface area contributed by atoms with E-state index >= 15 is 0 Å². The zero-order valence-electron chi connectivity index (χ0n) is 27.5. The summed E-state index contributed by atoms with van der Waals surface area (Å²) in [7, 11) is -7.33. The molecular weight excluding hydrogens is 643 g/mol. The van der Waals surface area contributed by atoms with Crippen molar-refractivity contribution in [3.8, 4) is 22.8 Å². The van der Waals surface area contributed by atoms with Crippen LogP contribution in [0.1, 0.15) is 53.2 Å². The maximum absolute atomic E-state index is 13.7. The minimum atomic E-state index is -3.81. The number of fused-ring (bicyclic) bond motifs is 1. The van der Waals surface area contributed by atoms with E-state index in [1.807, 2.05) is 13.8 Å². The number of hydrogen-bond donors (Lipinski definition) is 2. The van der Waals surface area contributed by atoms with Crippen LogP contribution in [0.25, 0.3) is 28.1 Å². The molecule has 0 amide bonds. The zero-order chi connectivity index (χ0) is 33.9. The van der Waals surface area contributed by atoms with Gasteiger partial charge in [0.2, 0.25) is 20.0 Å². The molecule has 13 nitrogen and oxygen atoms in total. The Kier molecular flexibility index (Phi) is 10.4. The topological polar surface area (TPSA) is 160 Å². The summed E-state index contributed by atoms with van der Waals surface area (Å²) in [5.74, 6) is 0.588. The second-order valence-electron chi connectivity index (χ2n) is 11.8. The summed E-state index contributed by atoms with van der Waals surface area (Å²) in [4.78, 5) is 23.5. The number of nitrogens with one attached hydrogen (secondary N) is 2. The fourth-order valence-corrected chi connectivity index (χ4v) is 7.55. The van der Waals surface area contributed by atoms with Crippen molar-refractivity contribution in [2.75, 3.05) is 44.1 Å². The van der Waals surface area contributed by atoms with Crippen LogP contribution in [-0.4, -0.2) is 90.4 Å². The highest BCUT2D eigenvalue weighted by atomic mass is 32.2. The number of H-pyrrole nitrogens is 1. The van der Waals surface area contributed by atoms with E-state index in [9.17, 15) is 21.6 Å². The first-order chi connectivity index (χ1) is 22.4. The molecule has 15 heteroatoms. The van der Waals surface area contributed by atoms with Gasteiger partial charge in [0.15, 0.2) is 5.52 Å². The Balaban J connectivity index is 1.59. The minimum absolute atomic E-state index is 0.0988. The first-order valence-electron chi connectivity index (χ1n) is 16.0. The Labute approximate surface area is 276 Å². The summed E-state index contributed by atoms with van der Waals surface area (Å²) in [5, 5.41) is 4.01. The number of aryl methyl sites for hydroxylation is 1. The van der Waals surface area contributed by atoms with Crippen molar-refractivity contribution in [1.29, 1.82) is 0 Å². The number of hydrogen-bond acceptors (Lipinski definition) is 9. The molecule has 0 unspecified atom stereocenters. The number of likely N-dealkylation sites (N-methyl/N-ethyl adjacent to an activating group) is 1. The average Bonchev–Trinajstić information content (AvgIpc) is 3.42. The summed E-state index contributed by atoms with van der Waals surface area (Å²) >= 11 is 0. The zero-order valence-corrected chi connectivity index (χ0v) is 29.1. The van der Waals surface area contributed by atoms with Gasteiger partial charge in [0, 0.05) is 31.9 Å². The molecule has 3 heterocycles. The number of piperazine rings is 1. The highest BCUT2D eigenvalue weighted by Crippen LogP contribution is 2.33. The van der Waals surface area contributed by atoms with Crippen molar-refractivity contribution in [3.05, 3.63) is 58.5 Å². The van der Waals surface area contributed by atoms with E-state index in [2.05, 4.69) is 26.6 Å². The molecule has 0 saturated carbocycles. The van der Waals surface area contributed by atoms with Crippen LogP contribution >= 0.6 is 0 Å². The molecular formula is C32H43N7O6S2. The predicted molar refractivity (Wildman–Crippen MR) is 183 cm³/mol. The number of benzene rings is 2. The van der Waals surface area contributed by atoms with Crippen molar-refractivity contribution >= 4 is 36.8 Å². The van der Waals surface area contributed by atoms with Crippen LogP contribution in [0.4, 0.5) is 5.69 Å². The Morgan fingerprint density at radius 3 is 2.26 bits per heavy atom. The van der Waals surface area contributed by atoms with E-state index in [1.54, 1.807) is 48.9 Å². The standard InChI is InChI=1S/C32H43N7O6S2/c1-6-9-27-29-30(35-39(27)24-12-10-23(11-13-24)36-46(41,42)22(4)5)32(40)34-31(33-29)26-21-25(14-15-28(26)45-20-7-2)47(43,44)38-18-16-37(8-3)17-19-38/h10-15,21-22,36H,6-9,16-20H2,1-5H3,(H,33,34,40). The molecule has 2 aromatic carbocycles. The highest BCUT2D eigenvalue weighted by Gasteiger charge is 2.29. The van der Waals surface area contributed by atoms with Crippen molar-refractivity contribution in [1.82, 2.24) is 29.0 Å². The van der Waals surface area contributed by atoms with Gasteiger partial charge in [-0.05, 0) is 75.7 Å². The van der Waals surface area contributed by atoms with Crippen molar-refractivity contribution < 1.29 is 21.6 Å². The molecule has 0 radical (unpaired) electrons. The maximum atomic E-state index is 13.7. The summed E-state index contributed by atoms with van der Waals surface area (Å²) in [6.45, 7) is 12.6. The lowest BCUT2D eigenvalue weighted by atomic mass is 10.1. The van der Waals surface area contributed by atoms with E-state index in [1.165, 1.54) is 16.4 Å². The average molecular weight is 686 g/mol. The Bertz CT molecular complexity index is 2000. The molecule has 5 rings (SSSR count). The minimum Gasteiger partial charge on any atom is -0.493 e. The van der Waals surface area contributed by atoms with Crippen LogP contribution < -0.4 is 15.0 Å². The molecule has 0 bridgehead atoms. The lowest BCUT2D eigenvalue weighted by Crippen LogP contribution is -2.48. The smallest absolute Gasteiger partial charge is 0.279 e. The fourth-order valence-electron chi connectivity index (χ4n) is 5.40. The van der Waals surface area contributed by atoms with Gasteiger partial charge in [0.25, 0.3) is 5.56 Å². The van der Waals surface area contributed by atoms with Gasteiger partial charge in [-0.2, -0.15) is 9.40 Å². The molecule has 2 N–H and O–H groups in total. The van der Waals surface area contributed by atoms with E-state index in [4.69, 9.17) is 9.72 Å². The van der Waals surface area contributed by atoms with Gasteiger partial charge in [-0.1, -0.05) is 27.2 Å². The van der Waals surface area contributed by atoms with Crippen LogP contribution in [0.2, 0.25) is 0 Å². The molecule has 1 saturated heterocycles. The van der Waals surface area contributed by atoms with Gasteiger partial charge in [-0.15, -0.1) is 0 Å². The van der Waals surface area contributed by atoms with Crippen molar-refractivity contribution in [2.24, 2.45) is 0 Å². The second-order valence-corrected chi connectivity index (χ2v) is 16.0. The molecule has 0 atom stereocenters. The van der Waals surface area contributed by atoms with Crippen LogP contribution in [0.3, 0.4) is 0 Å². The predicted octanol–water partition coefficient (Wildman–Crippen LogP) is 3.99. The fraction of sp³-hybridized carbons (Fsp3) is 0.469. The summed E-state index contributed by atoms with van der Waals surface area (Å²) < 4.78 is 63.8. The van der Waals surface area contributed by atoms with E-state index in [0.717, 1.165) is 19.4 Å². The first-order valence-corrected chi connectivity index (χ1v) is 19.0. The quantitative estimate of drug-likeness (QED) is 0.212. The van der Waals surface area contributed by atoms with Crippen LogP contribution in [0.5, 0.6) is 5.75 Å². The van der Waals surface area contributed by atoms with Gasteiger partial charge in [0.05, 0.1) is 33.7 Å². The van der Waals surface area contributed by atoms with Gasteiger partial charge in [-0.25, -0.2) is 26.5 Å². The van der Waals surface area contributed by atoms with Gasteiger partial charge in [0.1, 0.15) is 17.1 Å². The monoisotopic (exact) mass is 685 g/mol. The Morgan fingerprint density at radius 2 is 1.64 bits per heavy atom. The Hall–Kier alpha value is -3.79. The van der Waals surface area contributed by atoms with E-state index in [-0.39, 0.29) is 16.2 Å². The number of ether oxygens (including phenoxy) is 1. The van der Waals surface area contributed by atoms with Gasteiger partial charge in [-0.3, -0.25) is 9.52 Å². The number of sulfonamides is 2. The van der Waals surface area contributed by atoms with Crippen LogP contribution in [0.15, 0.2) is 52.2 Å². The van der Waals surface area contributed by atoms with Gasteiger partial charge >= 0.3 is 0 Å². The molecule has 0 spiro atoms. The number of anilines is 1. The molecule has 4 aromatic rings. The molecule has 1 aliphatic rings. The summed E-state index contributed by atoms with van der Waals surface area (Å²) in [6, 6.07) is 11.4. The molecule has 1 fully saturated rings. The van der Waals surface area contributed by atoms with Gasteiger partial charge < -0.3 is 14.6 Å². The SMILES string of the molecule is CCCOc1ccc(S(=O)(=O)N2CCN(CC)CC2)cc1-c1nc2c(CCC)n(-c3ccc(NS(=O)(=O)C(C)C)cc3)nc2c(=O)[nH]1. The van der Waals surface area contributed by atoms with Crippen LogP contribution in [-0.2, 0) is 26.5 Å². The normalized spacial score (nSPS) is 15.0. The van der Waals surface area contributed by atoms with E-state index in [0.29, 0.717) is 73.1 Å². The maximum Gasteiger partial charge on any atom is 0.279 e. The third-order valence-electron chi connectivity index (χ3n) is 8.19. The lowest BCUT2D eigenvalue weighted by Gasteiger charge is -2.33. The summed E-state index contributed by atoms with van der Waals surface area (Å²) in [5.41, 5.74) is 2.14. The Morgan fingerprint density at radius 1 is 0.936 bits per heavy atom. The molecule has 254 valence electrons. The number of nitrogens with zero attached hydrogens (tertiary/aromatic N) is 5. The number of aromatic amines is 1.